The van der Waals surface area contributed by atoms with Crippen LogP contribution in [0.4, 0.5) is 4.79 Å². The minimum Gasteiger partial charge on any atom is -0.508 e. The number of carbonyl (C=O) groups is 3. The van der Waals surface area contributed by atoms with Gasteiger partial charge in [0.1, 0.15) is 12.4 Å². The van der Waals surface area contributed by atoms with Crippen molar-refractivity contribution in [1.29, 1.82) is 0 Å². The predicted octanol–water partition coefficient (Wildman–Crippen LogP) is 2.68. The number of benzene rings is 1. The number of phenols is 1. The number of esters is 1. The molecule has 8 nitrogen and oxygen atoms in total. The first-order chi connectivity index (χ1) is 13.2. The predicted molar refractivity (Wildman–Crippen MR) is 110 cm³/mol. The Morgan fingerprint density at radius 3 is 2.03 bits per heavy atom. The fourth-order valence-corrected chi connectivity index (χ4v) is 3.61. The van der Waals surface area contributed by atoms with Gasteiger partial charge in [0.05, 0.1) is 6.04 Å². The summed E-state index contributed by atoms with van der Waals surface area (Å²) >= 11 is 0. The number of carbonyl (C=O) groups excluding carboxylic acids is 3. The maximum absolute atomic E-state index is 12.7. The molecule has 0 aliphatic rings. The second kappa shape index (κ2) is 9.73. The maximum atomic E-state index is 12.7. The molecule has 1 aromatic carbocycles. The number of amides is 3. The summed E-state index contributed by atoms with van der Waals surface area (Å²) in [6, 6.07) is 4.66. The number of primary amides is 1. The van der Waals surface area contributed by atoms with Crippen LogP contribution in [0, 0.1) is 0 Å². The summed E-state index contributed by atoms with van der Waals surface area (Å²) in [7, 11) is 0. The highest BCUT2D eigenvalue weighted by Gasteiger charge is 2.40. The number of nitrogens with two attached hydrogens (primary N) is 1. The molecule has 0 heterocycles. The van der Waals surface area contributed by atoms with Gasteiger partial charge in [0, 0.05) is 17.5 Å². The van der Waals surface area contributed by atoms with Gasteiger partial charge in [-0.25, -0.2) is 4.79 Å². The van der Waals surface area contributed by atoms with Gasteiger partial charge in [0.2, 0.25) is 5.91 Å². The summed E-state index contributed by atoms with van der Waals surface area (Å²) in [6.45, 7) is 11.9. The van der Waals surface area contributed by atoms with Gasteiger partial charge in [-0.2, -0.15) is 0 Å². The molecule has 1 aromatic rings. The second-order valence-corrected chi connectivity index (χ2v) is 8.95. The van der Waals surface area contributed by atoms with E-state index in [1.165, 1.54) is 12.1 Å². The van der Waals surface area contributed by atoms with E-state index >= 15 is 0 Å². The SMILES string of the molecule is CC(C)(C)N([C@@H](CCC(=O)OCc1ccc(O)cc1)C(=O)NC(N)=O)C(C)(C)C. The molecule has 0 aliphatic heterocycles. The zero-order chi connectivity index (χ0) is 22.4. The highest BCUT2D eigenvalue weighted by Crippen LogP contribution is 2.30. The van der Waals surface area contributed by atoms with Crippen LogP contribution in [0.15, 0.2) is 24.3 Å². The molecule has 0 bridgehead atoms. The third-order valence-electron chi connectivity index (χ3n) is 4.26. The molecule has 1 atom stereocenters. The van der Waals surface area contributed by atoms with Crippen LogP contribution in [0.1, 0.15) is 59.9 Å². The Morgan fingerprint density at radius 2 is 1.59 bits per heavy atom. The Labute approximate surface area is 172 Å². The molecule has 0 unspecified atom stereocenters. The number of nitrogens with zero attached hydrogens (tertiary/aromatic N) is 1. The van der Waals surface area contributed by atoms with Gasteiger partial charge < -0.3 is 15.6 Å². The topological polar surface area (TPSA) is 122 Å². The summed E-state index contributed by atoms with van der Waals surface area (Å²) in [5, 5.41) is 11.4. The number of urea groups is 1. The van der Waals surface area contributed by atoms with Crippen molar-refractivity contribution in [2.24, 2.45) is 5.73 Å². The lowest BCUT2D eigenvalue weighted by atomic mass is 9.91. The largest absolute Gasteiger partial charge is 0.508 e. The molecule has 8 heteroatoms. The highest BCUT2D eigenvalue weighted by atomic mass is 16.5. The zero-order valence-electron chi connectivity index (χ0n) is 18.1. The number of rotatable bonds is 7. The molecular weight excluding hydrogens is 374 g/mol. The Hall–Kier alpha value is -2.61. The van der Waals surface area contributed by atoms with E-state index in [1.54, 1.807) is 12.1 Å². The van der Waals surface area contributed by atoms with E-state index in [-0.39, 0.29) is 25.2 Å². The van der Waals surface area contributed by atoms with Gasteiger partial charge in [-0.3, -0.25) is 19.8 Å². The molecule has 162 valence electrons. The van der Waals surface area contributed by atoms with Crippen LogP contribution >= 0.6 is 0 Å². The van der Waals surface area contributed by atoms with E-state index in [1.807, 2.05) is 46.4 Å². The summed E-state index contributed by atoms with van der Waals surface area (Å²) in [4.78, 5) is 38.1. The van der Waals surface area contributed by atoms with Crippen molar-refractivity contribution < 1.29 is 24.2 Å². The van der Waals surface area contributed by atoms with Crippen molar-refractivity contribution in [1.82, 2.24) is 10.2 Å². The number of hydrogen-bond acceptors (Lipinski definition) is 6. The fourth-order valence-electron chi connectivity index (χ4n) is 3.61. The maximum Gasteiger partial charge on any atom is 0.318 e. The number of phenolic OH excluding ortho intramolecular Hbond substituents is 1. The van der Waals surface area contributed by atoms with Crippen molar-refractivity contribution in [2.45, 2.75) is 78.1 Å². The highest BCUT2D eigenvalue weighted by molar-refractivity contribution is 5.96. The van der Waals surface area contributed by atoms with E-state index in [0.29, 0.717) is 0 Å². The third kappa shape index (κ3) is 8.11. The molecular formula is C21H33N3O5. The van der Waals surface area contributed by atoms with Crippen LogP contribution in [0.5, 0.6) is 5.75 Å². The molecule has 0 aromatic heterocycles. The second-order valence-electron chi connectivity index (χ2n) is 8.95. The Balaban J connectivity index is 2.88. The van der Waals surface area contributed by atoms with Crippen molar-refractivity contribution >= 4 is 17.9 Å². The van der Waals surface area contributed by atoms with Crippen LogP contribution < -0.4 is 11.1 Å². The average Bonchev–Trinajstić information content (AvgIpc) is 2.54. The van der Waals surface area contributed by atoms with Crippen LogP contribution in [0.2, 0.25) is 0 Å². The Kier molecular flexibility index (Phi) is 8.20. The summed E-state index contributed by atoms with van der Waals surface area (Å²) in [5.74, 6) is -0.876. The molecule has 0 saturated heterocycles. The smallest absolute Gasteiger partial charge is 0.318 e. The van der Waals surface area contributed by atoms with E-state index in [0.717, 1.165) is 5.56 Å². The molecule has 0 saturated carbocycles. The molecule has 4 N–H and O–H groups in total. The lowest BCUT2D eigenvalue weighted by molar-refractivity contribution is -0.146. The number of aromatic hydroxyl groups is 1. The zero-order valence-corrected chi connectivity index (χ0v) is 18.1. The minimum atomic E-state index is -0.933. The molecule has 0 aliphatic carbocycles. The van der Waals surface area contributed by atoms with Crippen LogP contribution in [0.3, 0.4) is 0 Å². The normalized spacial score (nSPS) is 13.1. The van der Waals surface area contributed by atoms with Crippen LogP contribution in [-0.2, 0) is 20.9 Å². The molecule has 0 fully saturated rings. The van der Waals surface area contributed by atoms with Crippen LogP contribution in [0.25, 0.3) is 0 Å². The van der Waals surface area contributed by atoms with Crippen molar-refractivity contribution in [2.75, 3.05) is 0 Å². The molecule has 1 rings (SSSR count). The van der Waals surface area contributed by atoms with Gasteiger partial charge in [0.15, 0.2) is 0 Å². The van der Waals surface area contributed by atoms with E-state index in [2.05, 4.69) is 5.32 Å². The molecule has 29 heavy (non-hydrogen) atoms. The number of hydrogen-bond donors (Lipinski definition) is 3. The Morgan fingerprint density at radius 1 is 1.07 bits per heavy atom. The quantitative estimate of drug-likeness (QED) is 0.597. The lowest BCUT2D eigenvalue weighted by Crippen LogP contribution is -2.62. The number of imide groups is 1. The Bertz CT molecular complexity index is 703. The van der Waals surface area contributed by atoms with Gasteiger partial charge in [-0.15, -0.1) is 0 Å². The van der Waals surface area contributed by atoms with Gasteiger partial charge in [0.25, 0.3) is 0 Å². The first kappa shape index (κ1) is 24.4. The van der Waals surface area contributed by atoms with Crippen molar-refractivity contribution in [3.8, 4) is 5.75 Å². The van der Waals surface area contributed by atoms with Crippen molar-refractivity contribution in [3.63, 3.8) is 0 Å². The fraction of sp³-hybridized carbons (Fsp3) is 0.571. The van der Waals surface area contributed by atoms with Crippen molar-refractivity contribution in [3.05, 3.63) is 29.8 Å². The van der Waals surface area contributed by atoms with Gasteiger partial charge >= 0.3 is 12.0 Å². The third-order valence-corrected chi connectivity index (χ3v) is 4.26. The van der Waals surface area contributed by atoms with Gasteiger partial charge in [-0.1, -0.05) is 12.1 Å². The first-order valence-corrected chi connectivity index (χ1v) is 9.55. The lowest BCUT2D eigenvalue weighted by Gasteiger charge is -2.49. The number of ether oxygens (including phenoxy) is 1. The molecule has 0 spiro atoms. The van der Waals surface area contributed by atoms with E-state index < -0.39 is 35.0 Å². The summed E-state index contributed by atoms with van der Waals surface area (Å²) in [6.07, 6.45) is 0.166. The van der Waals surface area contributed by atoms with E-state index in [4.69, 9.17) is 10.5 Å². The van der Waals surface area contributed by atoms with Gasteiger partial charge in [-0.05, 0) is 65.7 Å². The number of nitrogens with one attached hydrogen (secondary N) is 1. The summed E-state index contributed by atoms with van der Waals surface area (Å²) in [5.41, 5.74) is 5.05. The first-order valence-electron chi connectivity index (χ1n) is 9.55. The monoisotopic (exact) mass is 407 g/mol. The standard InChI is InChI=1S/C21H33N3O5/c1-20(2,3)24(21(4,5)6)16(18(27)23-19(22)28)11-12-17(26)29-13-14-7-9-15(25)10-8-14/h7-10,16,25H,11-13H2,1-6H3,(H3,22,23,27,28)/t16-/m0/s1. The molecule has 0 radical (unpaired) electrons. The molecule has 3 amide bonds. The van der Waals surface area contributed by atoms with E-state index in [9.17, 15) is 19.5 Å². The van der Waals surface area contributed by atoms with Crippen LogP contribution in [-0.4, -0.2) is 45.0 Å². The summed E-state index contributed by atoms with van der Waals surface area (Å²) < 4.78 is 5.27. The average molecular weight is 408 g/mol. The minimum absolute atomic E-state index is 0.00239.